The van der Waals surface area contributed by atoms with Gasteiger partial charge in [0, 0.05) is 10.5 Å². The van der Waals surface area contributed by atoms with Gasteiger partial charge in [-0.2, -0.15) is 0 Å². The normalized spacial score (nSPS) is 42.0. The van der Waals surface area contributed by atoms with Crippen LogP contribution in [0.15, 0.2) is 0 Å². The molecule has 2 heteroatoms. The first kappa shape index (κ1) is 5.82. The molecule has 1 heterocycles. The van der Waals surface area contributed by atoms with E-state index < -0.39 is 0 Å². The fourth-order valence-electron chi connectivity index (χ4n) is 0.706. The van der Waals surface area contributed by atoms with Crippen LogP contribution >= 0.6 is 22.6 Å². The molecule has 0 N–H and O–H groups in total. The summed E-state index contributed by atoms with van der Waals surface area (Å²) in [5.74, 6) is 0. The molecule has 2 atom stereocenters. The molecule has 0 radical (unpaired) electrons. The van der Waals surface area contributed by atoms with Crippen LogP contribution in [-0.2, 0) is 4.74 Å². The molecular weight excluding hydrogens is 203 g/mol. The van der Waals surface area contributed by atoms with E-state index in [1.165, 1.54) is 6.42 Å². The Hall–Kier alpha value is 0.690. The number of hydrogen-bond acceptors (Lipinski definition) is 1. The van der Waals surface area contributed by atoms with E-state index in [2.05, 4.69) is 29.5 Å². The highest BCUT2D eigenvalue weighted by atomic mass is 127. The molecule has 0 unspecified atom stereocenters. The van der Waals surface area contributed by atoms with E-state index in [9.17, 15) is 0 Å². The summed E-state index contributed by atoms with van der Waals surface area (Å²) in [5.41, 5.74) is 0. The summed E-state index contributed by atoms with van der Waals surface area (Å²) in [4.78, 5) is 0. The summed E-state index contributed by atoms with van der Waals surface area (Å²) in [5, 5.41) is 0. The summed E-state index contributed by atoms with van der Waals surface area (Å²) in [6, 6.07) is 0. The predicted molar refractivity (Wildman–Crippen MR) is 37.8 cm³/mol. The minimum absolute atomic E-state index is 0.501. The average Bonchev–Trinajstić information content (AvgIpc) is 1.91. The van der Waals surface area contributed by atoms with Crippen molar-refractivity contribution in [3.05, 3.63) is 0 Å². The first-order chi connectivity index (χ1) is 3.30. The molecule has 0 aromatic rings. The van der Waals surface area contributed by atoms with Gasteiger partial charge in [0.15, 0.2) is 0 Å². The van der Waals surface area contributed by atoms with E-state index in [0.29, 0.717) is 6.10 Å². The van der Waals surface area contributed by atoms with Crippen LogP contribution in [0.3, 0.4) is 0 Å². The van der Waals surface area contributed by atoms with Crippen molar-refractivity contribution in [3.8, 4) is 0 Å². The minimum atomic E-state index is 0.501. The average molecular weight is 212 g/mol. The van der Waals surface area contributed by atoms with E-state index in [1.54, 1.807) is 0 Å². The first-order valence-corrected chi connectivity index (χ1v) is 3.81. The molecule has 0 aromatic carbocycles. The highest BCUT2D eigenvalue weighted by Crippen LogP contribution is 2.20. The maximum absolute atomic E-state index is 5.26. The molecule has 0 aromatic heterocycles. The standard InChI is InChI=1S/C5H9IO/c1-4-5(6)2-3-7-4/h4-5H,2-3H2,1H3/t4-,5+/m0/s1. The van der Waals surface area contributed by atoms with E-state index in [4.69, 9.17) is 4.74 Å². The fourth-order valence-corrected chi connectivity index (χ4v) is 1.17. The minimum Gasteiger partial charge on any atom is -0.377 e. The van der Waals surface area contributed by atoms with Crippen LogP contribution in [0.2, 0.25) is 0 Å². The van der Waals surface area contributed by atoms with E-state index in [-0.39, 0.29) is 0 Å². The Labute approximate surface area is 57.6 Å². The van der Waals surface area contributed by atoms with Crippen molar-refractivity contribution in [2.75, 3.05) is 6.61 Å². The van der Waals surface area contributed by atoms with Crippen LogP contribution in [0.25, 0.3) is 0 Å². The Balaban J connectivity index is 2.33. The zero-order valence-electron chi connectivity index (χ0n) is 4.36. The summed E-state index contributed by atoms with van der Waals surface area (Å²) in [6.45, 7) is 3.10. The smallest absolute Gasteiger partial charge is 0.0665 e. The van der Waals surface area contributed by atoms with Crippen LogP contribution < -0.4 is 0 Å². The monoisotopic (exact) mass is 212 g/mol. The zero-order chi connectivity index (χ0) is 5.28. The molecular formula is C5H9IO. The predicted octanol–water partition coefficient (Wildman–Crippen LogP) is 1.60. The number of alkyl halides is 1. The molecule has 42 valence electrons. The SMILES string of the molecule is C[C@@H]1OCC[C@H]1I. The molecule has 1 aliphatic heterocycles. The van der Waals surface area contributed by atoms with Crippen LogP contribution in [0.4, 0.5) is 0 Å². The maximum atomic E-state index is 5.26. The molecule has 0 amide bonds. The molecule has 0 bridgehead atoms. The lowest BCUT2D eigenvalue weighted by Crippen LogP contribution is -2.08. The molecule has 1 saturated heterocycles. The number of hydrogen-bond donors (Lipinski definition) is 0. The molecule has 1 nitrogen and oxygen atoms in total. The van der Waals surface area contributed by atoms with Crippen molar-refractivity contribution in [1.82, 2.24) is 0 Å². The summed E-state index contributed by atoms with van der Waals surface area (Å²) in [7, 11) is 0. The molecule has 0 spiro atoms. The second kappa shape index (κ2) is 2.31. The van der Waals surface area contributed by atoms with E-state index >= 15 is 0 Å². The van der Waals surface area contributed by atoms with Gasteiger partial charge in [-0.15, -0.1) is 0 Å². The van der Waals surface area contributed by atoms with Crippen molar-refractivity contribution >= 4 is 22.6 Å². The van der Waals surface area contributed by atoms with E-state index in [0.717, 1.165) is 10.5 Å². The van der Waals surface area contributed by atoms with Crippen LogP contribution in [-0.4, -0.2) is 16.6 Å². The second-order valence-corrected chi connectivity index (χ2v) is 3.48. The quantitative estimate of drug-likeness (QED) is 0.437. The van der Waals surface area contributed by atoms with Crippen molar-refractivity contribution in [1.29, 1.82) is 0 Å². The van der Waals surface area contributed by atoms with Crippen molar-refractivity contribution < 1.29 is 4.74 Å². The van der Waals surface area contributed by atoms with Crippen molar-refractivity contribution in [2.45, 2.75) is 23.4 Å². The lowest BCUT2D eigenvalue weighted by Gasteiger charge is -2.02. The Morgan fingerprint density at radius 1 is 1.71 bits per heavy atom. The van der Waals surface area contributed by atoms with Gasteiger partial charge >= 0.3 is 0 Å². The maximum Gasteiger partial charge on any atom is 0.0665 e. The van der Waals surface area contributed by atoms with Gasteiger partial charge in [-0.1, -0.05) is 22.6 Å². The third-order valence-electron chi connectivity index (χ3n) is 1.28. The third kappa shape index (κ3) is 1.29. The van der Waals surface area contributed by atoms with Gasteiger partial charge < -0.3 is 4.74 Å². The van der Waals surface area contributed by atoms with Crippen molar-refractivity contribution in [3.63, 3.8) is 0 Å². The summed E-state index contributed by atoms with van der Waals surface area (Å²) >= 11 is 2.43. The second-order valence-electron chi connectivity index (χ2n) is 1.88. The fraction of sp³-hybridized carbons (Fsp3) is 1.00. The van der Waals surface area contributed by atoms with Crippen molar-refractivity contribution in [2.24, 2.45) is 0 Å². The highest BCUT2D eigenvalue weighted by Gasteiger charge is 2.19. The zero-order valence-corrected chi connectivity index (χ0v) is 6.51. The molecule has 7 heavy (non-hydrogen) atoms. The highest BCUT2D eigenvalue weighted by molar-refractivity contribution is 14.1. The van der Waals surface area contributed by atoms with Crippen LogP contribution in [0.5, 0.6) is 0 Å². The van der Waals surface area contributed by atoms with Gasteiger partial charge in [0.25, 0.3) is 0 Å². The first-order valence-electron chi connectivity index (χ1n) is 2.56. The molecule has 0 saturated carbocycles. The summed E-state index contributed by atoms with van der Waals surface area (Å²) < 4.78 is 6.02. The number of ether oxygens (including phenoxy) is 1. The van der Waals surface area contributed by atoms with Gasteiger partial charge in [-0.25, -0.2) is 0 Å². The molecule has 0 aliphatic carbocycles. The molecule has 1 fully saturated rings. The van der Waals surface area contributed by atoms with Gasteiger partial charge in [0.05, 0.1) is 6.10 Å². The van der Waals surface area contributed by atoms with Crippen LogP contribution in [0, 0.1) is 0 Å². The Kier molecular flexibility index (Phi) is 1.92. The van der Waals surface area contributed by atoms with Crippen LogP contribution in [0.1, 0.15) is 13.3 Å². The topological polar surface area (TPSA) is 9.23 Å². The van der Waals surface area contributed by atoms with Gasteiger partial charge in [0.1, 0.15) is 0 Å². The Morgan fingerprint density at radius 2 is 2.43 bits per heavy atom. The number of rotatable bonds is 0. The molecule has 1 aliphatic rings. The lowest BCUT2D eigenvalue weighted by molar-refractivity contribution is 0.128. The van der Waals surface area contributed by atoms with Gasteiger partial charge in [0.2, 0.25) is 0 Å². The lowest BCUT2D eigenvalue weighted by atomic mass is 10.3. The van der Waals surface area contributed by atoms with Gasteiger partial charge in [-0.05, 0) is 13.3 Å². The Morgan fingerprint density at radius 3 is 2.57 bits per heavy atom. The van der Waals surface area contributed by atoms with E-state index in [1.807, 2.05) is 0 Å². The van der Waals surface area contributed by atoms with Gasteiger partial charge in [-0.3, -0.25) is 0 Å². The third-order valence-corrected chi connectivity index (χ3v) is 2.92. The Bertz CT molecular complexity index is 57.1. The molecule has 1 rings (SSSR count). The summed E-state index contributed by atoms with van der Waals surface area (Å²) in [6.07, 6.45) is 1.74. The largest absolute Gasteiger partial charge is 0.377 e. The number of halogens is 1.